The molecule has 1 aromatic rings. The Morgan fingerprint density at radius 1 is 1.50 bits per heavy atom. The first-order chi connectivity index (χ1) is 8.37. The van der Waals surface area contributed by atoms with Gasteiger partial charge in [-0.2, -0.15) is 0 Å². The Morgan fingerprint density at radius 3 is 2.67 bits per heavy atom. The van der Waals surface area contributed by atoms with Crippen molar-refractivity contribution in [1.82, 2.24) is 0 Å². The van der Waals surface area contributed by atoms with E-state index in [0.29, 0.717) is 16.3 Å². The van der Waals surface area contributed by atoms with Crippen molar-refractivity contribution in [2.24, 2.45) is 11.7 Å². The number of sulfonamides is 1. The van der Waals surface area contributed by atoms with E-state index in [2.05, 4.69) is 4.72 Å². The van der Waals surface area contributed by atoms with Gasteiger partial charge in [0, 0.05) is 5.56 Å². The van der Waals surface area contributed by atoms with Gasteiger partial charge in [0.25, 0.3) is 0 Å². The molecule has 3 N–H and O–H groups in total. The van der Waals surface area contributed by atoms with Gasteiger partial charge in [0.05, 0.1) is 16.5 Å². The number of nitrogens with one attached hydrogen (secondary N) is 1. The normalized spacial score (nSPS) is 15.4. The largest absolute Gasteiger partial charge is 0.389 e. The van der Waals surface area contributed by atoms with Gasteiger partial charge in [0.2, 0.25) is 10.0 Å². The number of anilines is 1. The molecule has 1 aromatic carbocycles. The van der Waals surface area contributed by atoms with Crippen LogP contribution in [0.1, 0.15) is 18.4 Å². The summed E-state index contributed by atoms with van der Waals surface area (Å²) < 4.78 is 26.1. The van der Waals surface area contributed by atoms with Crippen LogP contribution in [0.25, 0.3) is 0 Å². The first kappa shape index (κ1) is 13.6. The minimum absolute atomic E-state index is 0.153. The Morgan fingerprint density at radius 2 is 2.17 bits per heavy atom. The third-order valence-electron chi connectivity index (χ3n) is 2.67. The van der Waals surface area contributed by atoms with Gasteiger partial charge in [-0.25, -0.2) is 8.42 Å². The minimum Gasteiger partial charge on any atom is -0.389 e. The molecule has 0 amide bonds. The lowest BCUT2D eigenvalue weighted by Gasteiger charge is -2.10. The zero-order valence-electron chi connectivity index (χ0n) is 9.52. The van der Waals surface area contributed by atoms with Crippen LogP contribution in [-0.4, -0.2) is 19.2 Å². The summed E-state index contributed by atoms with van der Waals surface area (Å²) in [6.07, 6.45) is 1.96. The number of benzene rings is 1. The molecule has 0 saturated heterocycles. The fourth-order valence-corrected chi connectivity index (χ4v) is 3.52. The molecule has 0 aliphatic heterocycles. The van der Waals surface area contributed by atoms with Crippen LogP contribution in [0.2, 0.25) is 5.02 Å². The number of nitrogens with two attached hydrogens (primary N) is 1. The maximum atomic E-state index is 11.8. The van der Waals surface area contributed by atoms with E-state index in [4.69, 9.17) is 29.6 Å². The van der Waals surface area contributed by atoms with E-state index in [0.717, 1.165) is 12.8 Å². The molecule has 2 rings (SSSR count). The van der Waals surface area contributed by atoms with Crippen molar-refractivity contribution in [1.29, 1.82) is 0 Å². The van der Waals surface area contributed by atoms with E-state index in [9.17, 15) is 8.42 Å². The Bertz CT molecular complexity index is 583. The molecule has 0 bridgehead atoms. The summed E-state index contributed by atoms with van der Waals surface area (Å²) in [5, 5.41) is 0.291. The van der Waals surface area contributed by atoms with Crippen LogP contribution in [0.15, 0.2) is 18.2 Å². The van der Waals surface area contributed by atoms with Gasteiger partial charge in [-0.3, -0.25) is 4.72 Å². The quantitative estimate of drug-likeness (QED) is 0.817. The molecular weight excluding hydrogens is 292 g/mol. The summed E-state index contributed by atoms with van der Waals surface area (Å²) in [5.74, 6) is 0.442. The van der Waals surface area contributed by atoms with Gasteiger partial charge in [-0.05, 0) is 37.0 Å². The number of hydrogen-bond donors (Lipinski definition) is 2. The topological polar surface area (TPSA) is 72.2 Å². The molecule has 18 heavy (non-hydrogen) atoms. The van der Waals surface area contributed by atoms with E-state index in [1.807, 2.05) is 0 Å². The number of rotatable bonds is 5. The maximum Gasteiger partial charge on any atom is 0.233 e. The highest BCUT2D eigenvalue weighted by atomic mass is 35.5. The lowest BCUT2D eigenvalue weighted by Crippen LogP contribution is -2.18. The van der Waals surface area contributed by atoms with Crippen LogP contribution < -0.4 is 10.5 Å². The average molecular weight is 305 g/mol. The second-order valence-corrected chi connectivity index (χ2v) is 7.00. The summed E-state index contributed by atoms with van der Waals surface area (Å²) in [5.41, 5.74) is 6.44. The van der Waals surface area contributed by atoms with Crippen molar-refractivity contribution in [2.75, 3.05) is 10.5 Å². The summed E-state index contributed by atoms with van der Waals surface area (Å²) in [4.78, 5) is 0.226. The smallest absolute Gasteiger partial charge is 0.233 e. The molecule has 1 aliphatic rings. The van der Waals surface area contributed by atoms with Crippen LogP contribution in [0.3, 0.4) is 0 Å². The van der Waals surface area contributed by atoms with E-state index in [1.54, 1.807) is 18.2 Å². The van der Waals surface area contributed by atoms with Crippen molar-refractivity contribution in [2.45, 2.75) is 12.8 Å². The highest BCUT2D eigenvalue weighted by Gasteiger charge is 2.28. The highest BCUT2D eigenvalue weighted by molar-refractivity contribution is 7.92. The van der Waals surface area contributed by atoms with Crippen LogP contribution in [0, 0.1) is 5.92 Å². The zero-order valence-corrected chi connectivity index (χ0v) is 11.9. The predicted molar refractivity (Wildman–Crippen MR) is 77.5 cm³/mol. The van der Waals surface area contributed by atoms with Crippen LogP contribution in [0.4, 0.5) is 5.69 Å². The molecule has 1 fully saturated rings. The third kappa shape index (κ3) is 3.57. The van der Waals surface area contributed by atoms with E-state index >= 15 is 0 Å². The first-order valence-corrected chi connectivity index (χ1v) is 7.91. The maximum absolute atomic E-state index is 11.8. The molecular formula is C11H13ClN2O2S2. The average Bonchev–Trinajstić information content (AvgIpc) is 3.03. The van der Waals surface area contributed by atoms with Crippen LogP contribution in [0.5, 0.6) is 0 Å². The molecule has 0 heterocycles. The number of thiocarbonyl (C=S) groups is 1. The fourth-order valence-electron chi connectivity index (χ4n) is 1.56. The molecule has 0 spiro atoms. The molecule has 0 radical (unpaired) electrons. The van der Waals surface area contributed by atoms with Crippen molar-refractivity contribution in [3.63, 3.8) is 0 Å². The molecule has 4 nitrogen and oxygen atoms in total. The Balaban J connectivity index is 2.16. The first-order valence-electron chi connectivity index (χ1n) is 5.47. The van der Waals surface area contributed by atoms with Gasteiger partial charge < -0.3 is 5.73 Å². The van der Waals surface area contributed by atoms with Gasteiger partial charge in [0.15, 0.2) is 0 Å². The second-order valence-electron chi connectivity index (χ2n) is 4.39. The SMILES string of the molecule is NC(=S)c1ccc(NS(=O)(=O)CC2CC2)c(Cl)c1. The molecule has 7 heteroatoms. The van der Waals surface area contributed by atoms with Crippen LogP contribution >= 0.6 is 23.8 Å². The van der Waals surface area contributed by atoms with Crippen molar-refractivity contribution in [3.8, 4) is 0 Å². The van der Waals surface area contributed by atoms with Crippen molar-refractivity contribution in [3.05, 3.63) is 28.8 Å². The number of hydrogen-bond acceptors (Lipinski definition) is 3. The Kier molecular flexibility index (Phi) is 3.79. The second kappa shape index (κ2) is 5.03. The van der Waals surface area contributed by atoms with Gasteiger partial charge in [0.1, 0.15) is 4.99 Å². The van der Waals surface area contributed by atoms with Gasteiger partial charge in [-0.1, -0.05) is 23.8 Å². The Hall–Kier alpha value is -0.850. The summed E-state index contributed by atoms with van der Waals surface area (Å²) in [7, 11) is -3.33. The Labute approximate surface area is 117 Å². The molecule has 1 saturated carbocycles. The molecule has 1 aliphatic carbocycles. The van der Waals surface area contributed by atoms with Gasteiger partial charge in [-0.15, -0.1) is 0 Å². The van der Waals surface area contributed by atoms with Crippen LogP contribution in [-0.2, 0) is 10.0 Å². The van der Waals surface area contributed by atoms with E-state index < -0.39 is 10.0 Å². The lowest BCUT2D eigenvalue weighted by molar-refractivity contribution is 0.597. The molecule has 98 valence electrons. The highest BCUT2D eigenvalue weighted by Crippen LogP contribution is 2.31. The van der Waals surface area contributed by atoms with E-state index in [1.165, 1.54) is 0 Å². The third-order valence-corrected chi connectivity index (χ3v) is 4.66. The molecule has 0 atom stereocenters. The molecule has 0 aromatic heterocycles. The van der Waals surface area contributed by atoms with E-state index in [-0.39, 0.29) is 16.7 Å². The van der Waals surface area contributed by atoms with Crippen molar-refractivity contribution >= 4 is 44.5 Å². The van der Waals surface area contributed by atoms with Gasteiger partial charge >= 0.3 is 0 Å². The lowest BCUT2D eigenvalue weighted by atomic mass is 10.2. The number of halogens is 1. The summed E-state index contributed by atoms with van der Waals surface area (Å²) in [6, 6.07) is 4.77. The minimum atomic E-state index is -3.33. The summed E-state index contributed by atoms with van der Waals surface area (Å²) in [6.45, 7) is 0. The molecule has 0 unspecified atom stereocenters. The standard InChI is InChI=1S/C11H13ClN2O2S2/c12-9-5-8(11(13)17)3-4-10(9)14-18(15,16)6-7-1-2-7/h3-5,7,14H,1-2,6H2,(H2,13,17). The summed E-state index contributed by atoms with van der Waals surface area (Å²) >= 11 is 10.8. The monoisotopic (exact) mass is 304 g/mol. The fraction of sp³-hybridized carbons (Fsp3) is 0.364. The predicted octanol–water partition coefficient (Wildman–Crippen LogP) is 2.13. The zero-order chi connectivity index (χ0) is 13.3. The van der Waals surface area contributed by atoms with Crippen molar-refractivity contribution < 1.29 is 8.42 Å².